The van der Waals surface area contributed by atoms with Crippen molar-refractivity contribution in [2.45, 2.75) is 23.7 Å². The van der Waals surface area contributed by atoms with E-state index in [-0.39, 0.29) is 28.8 Å². The number of rotatable bonds is 4. The highest BCUT2D eigenvalue weighted by Gasteiger charge is 2.28. The zero-order chi connectivity index (χ0) is 13.8. The maximum atomic E-state index is 12.1. The molecule has 1 aromatic carbocycles. The minimum atomic E-state index is -4.33. The molecule has 0 N–H and O–H groups in total. The number of nitro groups is 1. The first-order valence-corrected chi connectivity index (χ1v) is 5.84. The summed E-state index contributed by atoms with van der Waals surface area (Å²) >= 11 is -0.214. The Balaban J connectivity index is 2.86. The zero-order valence-electron chi connectivity index (χ0n) is 9.40. The van der Waals surface area contributed by atoms with Gasteiger partial charge in [-0.25, -0.2) is 0 Å². The summed E-state index contributed by atoms with van der Waals surface area (Å²) in [5.74, 6) is 0. The van der Waals surface area contributed by atoms with Crippen LogP contribution in [0.2, 0.25) is 0 Å². The Hall–Kier alpha value is -1.50. The molecule has 18 heavy (non-hydrogen) atoms. The van der Waals surface area contributed by atoms with Crippen LogP contribution < -0.4 is 0 Å². The highest BCUT2D eigenvalue weighted by Crippen LogP contribution is 2.36. The Labute approximate surface area is 106 Å². The Kier molecular flexibility index (Phi) is 4.77. The van der Waals surface area contributed by atoms with Crippen LogP contribution in [0.1, 0.15) is 18.9 Å². The molecule has 0 unspecified atom stereocenters. The van der Waals surface area contributed by atoms with Crippen LogP contribution >= 0.6 is 11.8 Å². The molecule has 0 bridgehead atoms. The molecule has 7 heteroatoms. The van der Waals surface area contributed by atoms with Gasteiger partial charge in [-0.05, 0) is 29.5 Å². The molecule has 0 spiro atoms. The fraction of sp³-hybridized carbons (Fsp3) is 0.273. The van der Waals surface area contributed by atoms with Gasteiger partial charge in [0.25, 0.3) is 0 Å². The molecule has 0 aliphatic carbocycles. The number of nitrogens with zero attached hydrogens (tertiary/aromatic N) is 1. The SMILES string of the molecule is CC/C(=C\c1ccc(SC(F)(F)F)cc1)[N+](=O)[O-]. The van der Waals surface area contributed by atoms with E-state index in [0.29, 0.717) is 5.56 Å². The summed E-state index contributed by atoms with van der Waals surface area (Å²) in [5, 5.41) is 10.6. The van der Waals surface area contributed by atoms with Crippen molar-refractivity contribution in [2.24, 2.45) is 0 Å². The first kappa shape index (κ1) is 14.6. The van der Waals surface area contributed by atoms with E-state index in [2.05, 4.69) is 0 Å². The molecule has 0 amide bonds. The lowest BCUT2D eigenvalue weighted by Gasteiger charge is -2.05. The van der Waals surface area contributed by atoms with Gasteiger partial charge in [0.2, 0.25) is 5.70 Å². The maximum absolute atomic E-state index is 12.1. The fourth-order valence-electron chi connectivity index (χ4n) is 1.24. The van der Waals surface area contributed by atoms with E-state index in [0.717, 1.165) is 0 Å². The predicted molar refractivity (Wildman–Crippen MR) is 63.6 cm³/mol. The van der Waals surface area contributed by atoms with Gasteiger partial charge < -0.3 is 0 Å². The minimum absolute atomic E-state index is 0.0197. The van der Waals surface area contributed by atoms with E-state index in [1.54, 1.807) is 6.92 Å². The van der Waals surface area contributed by atoms with Gasteiger partial charge in [-0.2, -0.15) is 13.2 Å². The summed E-state index contributed by atoms with van der Waals surface area (Å²) in [5.41, 5.74) is -3.80. The lowest BCUT2D eigenvalue weighted by molar-refractivity contribution is -0.425. The predicted octanol–water partition coefficient (Wildman–Crippen LogP) is 4.33. The second-order valence-corrected chi connectivity index (χ2v) is 4.50. The van der Waals surface area contributed by atoms with Gasteiger partial charge in [0.05, 0.1) is 4.92 Å². The van der Waals surface area contributed by atoms with Gasteiger partial charge in [-0.15, -0.1) is 0 Å². The average Bonchev–Trinajstić information content (AvgIpc) is 2.25. The van der Waals surface area contributed by atoms with Gasteiger partial charge in [-0.3, -0.25) is 10.1 Å². The molecule has 0 saturated carbocycles. The molecule has 0 radical (unpaired) electrons. The third kappa shape index (κ3) is 4.79. The molecule has 98 valence electrons. The number of allylic oxidation sites excluding steroid dienone is 1. The topological polar surface area (TPSA) is 43.1 Å². The Morgan fingerprint density at radius 2 is 1.94 bits per heavy atom. The average molecular weight is 277 g/mol. The van der Waals surface area contributed by atoms with Crippen LogP contribution in [0.25, 0.3) is 6.08 Å². The molecule has 0 fully saturated rings. The zero-order valence-corrected chi connectivity index (χ0v) is 10.2. The Bertz CT molecular complexity index is 454. The number of hydrogen-bond donors (Lipinski definition) is 0. The van der Waals surface area contributed by atoms with E-state index in [1.807, 2.05) is 0 Å². The summed E-state index contributed by atoms with van der Waals surface area (Å²) in [6.07, 6.45) is 1.61. The van der Waals surface area contributed by atoms with E-state index in [1.165, 1.54) is 30.3 Å². The van der Waals surface area contributed by atoms with Crippen LogP contribution in [0.3, 0.4) is 0 Å². The molecule has 0 heterocycles. The number of halogens is 3. The van der Waals surface area contributed by atoms with Crippen LogP contribution in [0.5, 0.6) is 0 Å². The standard InChI is InChI=1S/C11H10F3NO2S/c1-2-9(15(16)17)7-8-3-5-10(6-4-8)18-11(12,13)14/h3-7H,2H2,1H3/b9-7+. The summed E-state index contributed by atoms with van der Waals surface area (Å²) in [4.78, 5) is 10.1. The quantitative estimate of drug-likeness (QED) is 0.467. The van der Waals surface area contributed by atoms with Crippen molar-refractivity contribution in [3.8, 4) is 0 Å². The third-order valence-corrected chi connectivity index (χ3v) is 2.78. The summed E-state index contributed by atoms with van der Waals surface area (Å²) in [6, 6.07) is 5.43. The van der Waals surface area contributed by atoms with Gasteiger partial charge in [-0.1, -0.05) is 19.1 Å². The first-order valence-electron chi connectivity index (χ1n) is 5.02. The largest absolute Gasteiger partial charge is 0.446 e. The molecule has 0 atom stereocenters. The second-order valence-electron chi connectivity index (χ2n) is 3.36. The van der Waals surface area contributed by atoms with Crippen LogP contribution in [-0.4, -0.2) is 10.4 Å². The Morgan fingerprint density at radius 3 is 2.33 bits per heavy atom. The van der Waals surface area contributed by atoms with Crippen LogP contribution in [0.15, 0.2) is 34.9 Å². The maximum Gasteiger partial charge on any atom is 0.446 e. The van der Waals surface area contributed by atoms with E-state index >= 15 is 0 Å². The van der Waals surface area contributed by atoms with Crippen molar-refractivity contribution in [1.82, 2.24) is 0 Å². The van der Waals surface area contributed by atoms with Gasteiger partial charge in [0, 0.05) is 17.4 Å². The van der Waals surface area contributed by atoms with E-state index < -0.39 is 10.4 Å². The molecule has 0 aliphatic rings. The van der Waals surface area contributed by atoms with Crippen LogP contribution in [0.4, 0.5) is 13.2 Å². The van der Waals surface area contributed by atoms with Crippen molar-refractivity contribution in [2.75, 3.05) is 0 Å². The summed E-state index contributed by atoms with van der Waals surface area (Å²) in [7, 11) is 0. The van der Waals surface area contributed by atoms with Gasteiger partial charge >= 0.3 is 5.51 Å². The van der Waals surface area contributed by atoms with Crippen molar-refractivity contribution < 1.29 is 18.1 Å². The van der Waals surface area contributed by atoms with Crippen molar-refractivity contribution in [3.63, 3.8) is 0 Å². The normalized spacial score (nSPS) is 12.6. The highest BCUT2D eigenvalue weighted by atomic mass is 32.2. The van der Waals surface area contributed by atoms with Gasteiger partial charge in [0.15, 0.2) is 0 Å². The molecule has 0 aliphatic heterocycles. The molecular weight excluding hydrogens is 267 g/mol. The van der Waals surface area contributed by atoms with E-state index in [4.69, 9.17) is 0 Å². The fourth-order valence-corrected chi connectivity index (χ4v) is 1.78. The first-order chi connectivity index (χ1) is 8.31. The number of hydrogen-bond acceptors (Lipinski definition) is 3. The lowest BCUT2D eigenvalue weighted by Crippen LogP contribution is -1.99. The number of benzene rings is 1. The van der Waals surface area contributed by atoms with Crippen LogP contribution in [0, 0.1) is 10.1 Å². The van der Waals surface area contributed by atoms with Gasteiger partial charge in [0.1, 0.15) is 0 Å². The van der Waals surface area contributed by atoms with Crippen molar-refractivity contribution in [3.05, 3.63) is 45.6 Å². The minimum Gasteiger partial charge on any atom is -0.259 e. The van der Waals surface area contributed by atoms with Crippen LogP contribution in [-0.2, 0) is 0 Å². The second kappa shape index (κ2) is 5.90. The molecule has 0 aromatic heterocycles. The summed E-state index contributed by atoms with van der Waals surface area (Å²) in [6.45, 7) is 1.64. The highest BCUT2D eigenvalue weighted by molar-refractivity contribution is 8.00. The molecular formula is C11H10F3NO2S. The van der Waals surface area contributed by atoms with Crippen molar-refractivity contribution >= 4 is 17.8 Å². The smallest absolute Gasteiger partial charge is 0.259 e. The summed E-state index contributed by atoms with van der Waals surface area (Å²) < 4.78 is 36.2. The number of alkyl halides is 3. The Morgan fingerprint density at radius 1 is 1.39 bits per heavy atom. The molecule has 3 nitrogen and oxygen atoms in total. The van der Waals surface area contributed by atoms with E-state index in [9.17, 15) is 23.3 Å². The monoisotopic (exact) mass is 277 g/mol. The third-order valence-electron chi connectivity index (χ3n) is 2.04. The molecule has 0 saturated heterocycles. The van der Waals surface area contributed by atoms with Crippen molar-refractivity contribution in [1.29, 1.82) is 0 Å². The number of thioether (sulfide) groups is 1. The molecule has 1 rings (SSSR count). The molecule has 1 aromatic rings. The lowest BCUT2D eigenvalue weighted by atomic mass is 10.2.